The summed E-state index contributed by atoms with van der Waals surface area (Å²) in [5, 5.41) is 11.3. The third-order valence-corrected chi connectivity index (χ3v) is 5.02. The lowest BCUT2D eigenvalue weighted by Gasteiger charge is -2.32. The second-order valence-corrected chi connectivity index (χ2v) is 6.17. The minimum absolute atomic E-state index is 0.00604. The van der Waals surface area contributed by atoms with E-state index in [-0.39, 0.29) is 18.3 Å². The van der Waals surface area contributed by atoms with Crippen LogP contribution in [0.3, 0.4) is 0 Å². The van der Waals surface area contributed by atoms with Gasteiger partial charge in [0.05, 0.1) is 13.2 Å². The fourth-order valence-corrected chi connectivity index (χ4v) is 3.16. The number of rotatable bonds is 5. The molecule has 9 heteroatoms. The molecule has 3 N–H and O–H groups in total. The molecule has 1 aliphatic heterocycles. The van der Waals surface area contributed by atoms with Crippen molar-refractivity contribution in [3.8, 4) is 0 Å². The number of ether oxygens (including phenoxy) is 1. The Labute approximate surface area is 107 Å². The van der Waals surface area contributed by atoms with E-state index in [0.717, 1.165) is 0 Å². The van der Waals surface area contributed by atoms with E-state index < -0.39 is 10.2 Å². The molecule has 0 amide bonds. The van der Waals surface area contributed by atoms with E-state index >= 15 is 0 Å². The third-order valence-electron chi connectivity index (χ3n) is 2.91. The molecule has 0 aromatic rings. The van der Waals surface area contributed by atoms with Crippen molar-refractivity contribution < 1.29 is 18.4 Å². The van der Waals surface area contributed by atoms with Crippen molar-refractivity contribution in [2.75, 3.05) is 33.4 Å². The van der Waals surface area contributed by atoms with Gasteiger partial charge in [-0.2, -0.15) is 17.0 Å². The SMILES string of the molecule is CC(C/C(N)=N/O)N(C)S(=O)(=O)N1CCOCC1. The van der Waals surface area contributed by atoms with Crippen molar-refractivity contribution >= 4 is 16.0 Å². The van der Waals surface area contributed by atoms with Crippen LogP contribution in [0.4, 0.5) is 0 Å². The van der Waals surface area contributed by atoms with Gasteiger partial charge in [0, 0.05) is 32.6 Å². The van der Waals surface area contributed by atoms with Crippen molar-refractivity contribution in [2.45, 2.75) is 19.4 Å². The Kier molecular flexibility index (Phi) is 5.32. The molecule has 0 aliphatic carbocycles. The van der Waals surface area contributed by atoms with Crippen LogP contribution >= 0.6 is 0 Å². The molecule has 0 bridgehead atoms. The van der Waals surface area contributed by atoms with Crippen molar-refractivity contribution in [3.63, 3.8) is 0 Å². The molecule has 0 radical (unpaired) electrons. The van der Waals surface area contributed by atoms with Gasteiger partial charge in [0.25, 0.3) is 10.2 Å². The molecule has 1 saturated heterocycles. The molecule has 0 aromatic heterocycles. The second kappa shape index (κ2) is 6.32. The average molecular weight is 280 g/mol. The van der Waals surface area contributed by atoms with E-state index in [0.29, 0.717) is 26.3 Å². The van der Waals surface area contributed by atoms with Crippen LogP contribution in [0.5, 0.6) is 0 Å². The van der Waals surface area contributed by atoms with E-state index in [4.69, 9.17) is 15.7 Å². The summed E-state index contributed by atoms with van der Waals surface area (Å²) < 4.78 is 32.2. The zero-order chi connectivity index (χ0) is 13.8. The third kappa shape index (κ3) is 3.55. The molecule has 1 rings (SSSR count). The van der Waals surface area contributed by atoms with Crippen LogP contribution in [-0.4, -0.2) is 67.5 Å². The summed E-state index contributed by atoms with van der Waals surface area (Å²) in [5.41, 5.74) is 5.38. The van der Waals surface area contributed by atoms with Crippen molar-refractivity contribution in [1.82, 2.24) is 8.61 Å². The Morgan fingerprint density at radius 2 is 2.11 bits per heavy atom. The highest BCUT2D eigenvalue weighted by atomic mass is 32.2. The summed E-state index contributed by atoms with van der Waals surface area (Å²) in [5.74, 6) is 0.00604. The predicted octanol–water partition coefficient (Wildman–Crippen LogP) is -0.980. The fraction of sp³-hybridized carbons (Fsp3) is 0.889. The highest BCUT2D eigenvalue weighted by Crippen LogP contribution is 2.13. The number of hydrogen-bond acceptors (Lipinski definition) is 5. The average Bonchev–Trinajstić information content (AvgIpc) is 2.38. The Bertz CT molecular complexity index is 391. The monoisotopic (exact) mass is 280 g/mol. The van der Waals surface area contributed by atoms with Gasteiger partial charge in [-0.1, -0.05) is 5.16 Å². The molecule has 1 fully saturated rings. The number of nitrogens with two attached hydrogens (primary N) is 1. The highest BCUT2D eigenvalue weighted by molar-refractivity contribution is 7.86. The van der Waals surface area contributed by atoms with Crippen molar-refractivity contribution in [2.24, 2.45) is 10.9 Å². The van der Waals surface area contributed by atoms with E-state index in [1.54, 1.807) is 6.92 Å². The zero-order valence-corrected chi connectivity index (χ0v) is 11.4. The predicted molar refractivity (Wildman–Crippen MR) is 66.6 cm³/mol. The Hall–Kier alpha value is -0.900. The molecule has 8 nitrogen and oxygen atoms in total. The van der Waals surface area contributed by atoms with Crippen LogP contribution in [-0.2, 0) is 14.9 Å². The van der Waals surface area contributed by atoms with Crippen LogP contribution in [0.1, 0.15) is 13.3 Å². The van der Waals surface area contributed by atoms with Gasteiger partial charge in [0.15, 0.2) is 0 Å². The number of amidine groups is 1. The number of oxime groups is 1. The van der Waals surface area contributed by atoms with Crippen molar-refractivity contribution in [1.29, 1.82) is 0 Å². The molecule has 18 heavy (non-hydrogen) atoms. The molecule has 106 valence electrons. The Balaban J connectivity index is 2.71. The topological polar surface area (TPSA) is 108 Å². The van der Waals surface area contributed by atoms with E-state index in [2.05, 4.69) is 5.16 Å². The van der Waals surface area contributed by atoms with Gasteiger partial charge in [-0.05, 0) is 6.92 Å². The van der Waals surface area contributed by atoms with Crippen LogP contribution in [0, 0.1) is 0 Å². The summed E-state index contributed by atoms with van der Waals surface area (Å²) in [6.07, 6.45) is 0.177. The fourth-order valence-electron chi connectivity index (χ4n) is 1.66. The van der Waals surface area contributed by atoms with Crippen LogP contribution in [0.2, 0.25) is 0 Å². The van der Waals surface area contributed by atoms with E-state index in [1.807, 2.05) is 0 Å². The maximum absolute atomic E-state index is 12.2. The number of morpholine rings is 1. The lowest BCUT2D eigenvalue weighted by Crippen LogP contribution is -2.50. The molecule has 0 saturated carbocycles. The van der Waals surface area contributed by atoms with E-state index in [9.17, 15) is 8.42 Å². The minimum Gasteiger partial charge on any atom is -0.409 e. The molecule has 0 spiro atoms. The van der Waals surface area contributed by atoms with E-state index in [1.165, 1.54) is 15.7 Å². The van der Waals surface area contributed by atoms with Gasteiger partial charge < -0.3 is 15.7 Å². The van der Waals surface area contributed by atoms with Crippen LogP contribution in [0.15, 0.2) is 5.16 Å². The Morgan fingerprint density at radius 3 is 2.61 bits per heavy atom. The summed E-state index contributed by atoms with van der Waals surface area (Å²) in [4.78, 5) is 0. The smallest absolute Gasteiger partial charge is 0.282 e. The van der Waals surface area contributed by atoms with Crippen LogP contribution in [0.25, 0.3) is 0 Å². The first-order chi connectivity index (χ1) is 8.39. The number of nitrogens with zero attached hydrogens (tertiary/aromatic N) is 3. The summed E-state index contributed by atoms with van der Waals surface area (Å²) >= 11 is 0. The molecule has 0 aromatic carbocycles. The normalized spacial score (nSPS) is 21.2. The molecular formula is C9H20N4O4S. The van der Waals surface area contributed by atoms with Gasteiger partial charge in [-0.3, -0.25) is 0 Å². The van der Waals surface area contributed by atoms with Gasteiger partial charge in [0.2, 0.25) is 0 Å². The maximum atomic E-state index is 12.2. The lowest BCUT2D eigenvalue weighted by atomic mass is 10.2. The summed E-state index contributed by atoms with van der Waals surface area (Å²) in [6.45, 7) is 3.21. The second-order valence-electron chi connectivity index (χ2n) is 4.18. The Morgan fingerprint density at radius 1 is 1.56 bits per heavy atom. The molecular weight excluding hydrogens is 260 g/mol. The molecule has 1 aliphatic rings. The van der Waals surface area contributed by atoms with Crippen molar-refractivity contribution in [3.05, 3.63) is 0 Å². The molecule has 1 heterocycles. The first-order valence-electron chi connectivity index (χ1n) is 5.67. The van der Waals surface area contributed by atoms with Gasteiger partial charge in [0.1, 0.15) is 5.84 Å². The quantitative estimate of drug-likeness (QED) is 0.291. The largest absolute Gasteiger partial charge is 0.409 e. The first-order valence-corrected chi connectivity index (χ1v) is 7.06. The minimum atomic E-state index is -3.52. The van der Waals surface area contributed by atoms with Gasteiger partial charge in [-0.15, -0.1) is 0 Å². The molecule has 1 unspecified atom stereocenters. The molecule has 1 atom stereocenters. The standard InChI is InChI=1S/C9H20N4O4S/c1-8(7-9(10)11-14)12(2)18(15,16)13-3-5-17-6-4-13/h8,14H,3-7H2,1-2H3,(H2,10,11). The number of hydrogen-bond donors (Lipinski definition) is 2. The summed E-state index contributed by atoms with van der Waals surface area (Å²) in [7, 11) is -2.03. The lowest BCUT2D eigenvalue weighted by molar-refractivity contribution is 0.0700. The highest BCUT2D eigenvalue weighted by Gasteiger charge is 2.31. The zero-order valence-electron chi connectivity index (χ0n) is 10.6. The summed E-state index contributed by atoms with van der Waals surface area (Å²) in [6, 6.07) is -0.381. The van der Waals surface area contributed by atoms with Gasteiger partial charge in [-0.25, -0.2) is 0 Å². The van der Waals surface area contributed by atoms with Crippen LogP contribution < -0.4 is 5.73 Å². The maximum Gasteiger partial charge on any atom is 0.282 e. The first kappa shape index (κ1) is 15.2. The van der Waals surface area contributed by atoms with Gasteiger partial charge >= 0.3 is 0 Å².